The van der Waals surface area contributed by atoms with E-state index in [0.717, 1.165) is 21.3 Å². The summed E-state index contributed by atoms with van der Waals surface area (Å²) in [4.78, 5) is 37.1. The number of anilines is 1. The quantitative estimate of drug-likeness (QED) is 0.683. The van der Waals surface area contributed by atoms with Gasteiger partial charge in [0.15, 0.2) is 5.00 Å². The van der Waals surface area contributed by atoms with E-state index in [-0.39, 0.29) is 0 Å². The third kappa shape index (κ3) is 1.60. The van der Waals surface area contributed by atoms with E-state index < -0.39 is 23.9 Å². The molecule has 0 aliphatic carbocycles. The molecule has 0 bridgehead atoms. The number of amides is 4. The van der Waals surface area contributed by atoms with E-state index in [0.29, 0.717) is 10.7 Å². The summed E-state index contributed by atoms with van der Waals surface area (Å²) in [6, 6.07) is -1.41. The Morgan fingerprint density at radius 3 is 2.47 bits per heavy atom. The van der Waals surface area contributed by atoms with Crippen molar-refractivity contribution in [2.75, 3.05) is 4.90 Å². The highest BCUT2D eigenvalue weighted by Crippen LogP contribution is 2.29. The molecule has 0 radical (unpaired) electrons. The van der Waals surface area contributed by atoms with Crippen LogP contribution < -0.4 is 4.90 Å². The van der Waals surface area contributed by atoms with Crippen molar-refractivity contribution in [1.82, 2.24) is 14.5 Å². The van der Waals surface area contributed by atoms with Gasteiger partial charge in [0.2, 0.25) is 5.91 Å². The van der Waals surface area contributed by atoms with Crippen molar-refractivity contribution in [3.05, 3.63) is 5.69 Å². The van der Waals surface area contributed by atoms with Gasteiger partial charge in [0.1, 0.15) is 6.04 Å². The molecule has 1 aliphatic heterocycles. The Labute approximate surface area is 101 Å². The number of rotatable bonds is 1. The van der Waals surface area contributed by atoms with Crippen molar-refractivity contribution < 1.29 is 14.4 Å². The standard InChI is InChI=1S/C9H10N4O3S/c1-4-8(17-11-10-4)13-7(15)5(2)12(6(3)14)9(13)16/h5H,1-3H3. The van der Waals surface area contributed by atoms with Gasteiger partial charge in [-0.25, -0.2) is 9.69 Å². The Balaban J connectivity index is 2.44. The molecule has 1 unspecified atom stereocenters. The van der Waals surface area contributed by atoms with E-state index in [1.165, 1.54) is 13.8 Å². The second-order valence-corrected chi connectivity index (χ2v) is 4.42. The third-order valence-corrected chi connectivity index (χ3v) is 3.35. The summed E-state index contributed by atoms with van der Waals surface area (Å²) in [5, 5.41) is 4.11. The highest BCUT2D eigenvalue weighted by atomic mass is 32.1. The van der Waals surface area contributed by atoms with E-state index in [1.807, 2.05) is 0 Å². The smallest absolute Gasteiger partial charge is 0.275 e. The Morgan fingerprint density at radius 1 is 1.41 bits per heavy atom. The molecule has 1 saturated heterocycles. The van der Waals surface area contributed by atoms with Gasteiger partial charge in [-0.2, -0.15) is 0 Å². The van der Waals surface area contributed by atoms with Gasteiger partial charge in [0.05, 0.1) is 5.69 Å². The number of nitrogens with zero attached hydrogens (tertiary/aromatic N) is 4. The number of aromatic nitrogens is 2. The van der Waals surface area contributed by atoms with Crippen LogP contribution in [0.3, 0.4) is 0 Å². The second-order valence-electron chi connectivity index (χ2n) is 3.68. The fourth-order valence-electron chi connectivity index (χ4n) is 1.69. The zero-order chi connectivity index (χ0) is 12.7. The minimum absolute atomic E-state index is 0.371. The fraction of sp³-hybridized carbons (Fsp3) is 0.444. The van der Waals surface area contributed by atoms with E-state index in [9.17, 15) is 14.4 Å². The predicted molar refractivity (Wildman–Crippen MR) is 59.5 cm³/mol. The maximum Gasteiger partial charge on any atom is 0.339 e. The van der Waals surface area contributed by atoms with Gasteiger partial charge < -0.3 is 0 Å². The second kappa shape index (κ2) is 3.88. The topological polar surface area (TPSA) is 83.5 Å². The summed E-state index contributed by atoms with van der Waals surface area (Å²) in [6.45, 7) is 4.43. The molecule has 0 spiro atoms. The van der Waals surface area contributed by atoms with Crippen LogP contribution in [0.15, 0.2) is 0 Å². The van der Waals surface area contributed by atoms with Crippen LogP contribution in [-0.4, -0.2) is 38.4 Å². The van der Waals surface area contributed by atoms with Crippen molar-refractivity contribution in [2.24, 2.45) is 0 Å². The highest BCUT2D eigenvalue weighted by Gasteiger charge is 2.46. The summed E-state index contributed by atoms with van der Waals surface area (Å²) in [6.07, 6.45) is 0. The molecule has 4 amide bonds. The number of urea groups is 1. The van der Waals surface area contributed by atoms with Gasteiger partial charge in [0.25, 0.3) is 5.91 Å². The molecule has 0 saturated carbocycles. The summed E-state index contributed by atoms with van der Waals surface area (Å²) in [5.41, 5.74) is 0.495. The first-order valence-corrected chi connectivity index (χ1v) is 5.69. The zero-order valence-corrected chi connectivity index (χ0v) is 10.3. The number of aryl methyl sites for hydroxylation is 1. The normalized spacial score (nSPS) is 20.3. The molecule has 0 N–H and O–H groups in total. The Morgan fingerprint density at radius 2 is 2.06 bits per heavy atom. The average molecular weight is 254 g/mol. The number of carbonyl (C=O) groups excluding carboxylic acids is 3. The van der Waals surface area contributed by atoms with Gasteiger partial charge in [0, 0.05) is 18.5 Å². The lowest BCUT2D eigenvalue weighted by Crippen LogP contribution is -2.37. The molecular weight excluding hydrogens is 244 g/mol. The van der Waals surface area contributed by atoms with Crippen molar-refractivity contribution >= 4 is 34.4 Å². The molecule has 1 atom stereocenters. The lowest BCUT2D eigenvalue weighted by atomic mass is 10.3. The molecule has 1 fully saturated rings. The number of imide groups is 2. The maximum atomic E-state index is 12.0. The van der Waals surface area contributed by atoms with Crippen LogP contribution >= 0.6 is 11.5 Å². The SMILES string of the molecule is CC(=O)N1C(=O)N(c2snnc2C)C(=O)C1C. The highest BCUT2D eigenvalue weighted by molar-refractivity contribution is 7.10. The van der Waals surface area contributed by atoms with E-state index in [1.54, 1.807) is 6.92 Å². The van der Waals surface area contributed by atoms with Crippen molar-refractivity contribution in [3.8, 4) is 0 Å². The van der Waals surface area contributed by atoms with Crippen LogP contribution in [0.25, 0.3) is 0 Å². The van der Waals surface area contributed by atoms with Gasteiger partial charge >= 0.3 is 6.03 Å². The Kier molecular flexibility index (Phi) is 2.66. The number of hydrogen-bond donors (Lipinski definition) is 0. The van der Waals surface area contributed by atoms with Crippen LogP contribution in [0.5, 0.6) is 0 Å². The first-order chi connectivity index (χ1) is 7.95. The summed E-state index contributed by atoms with van der Waals surface area (Å²) in [5.74, 6) is -0.882. The molecular formula is C9H10N4O3S. The molecule has 90 valence electrons. The van der Waals surface area contributed by atoms with Crippen LogP contribution in [-0.2, 0) is 9.59 Å². The summed E-state index contributed by atoms with van der Waals surface area (Å²) >= 11 is 0.955. The van der Waals surface area contributed by atoms with Crippen molar-refractivity contribution in [3.63, 3.8) is 0 Å². The van der Waals surface area contributed by atoms with E-state index >= 15 is 0 Å². The van der Waals surface area contributed by atoms with Crippen molar-refractivity contribution in [1.29, 1.82) is 0 Å². The van der Waals surface area contributed by atoms with Crippen LogP contribution in [0.4, 0.5) is 9.80 Å². The lowest BCUT2D eigenvalue weighted by Gasteiger charge is -2.13. The summed E-state index contributed by atoms with van der Waals surface area (Å²) in [7, 11) is 0. The molecule has 17 heavy (non-hydrogen) atoms. The largest absolute Gasteiger partial charge is 0.339 e. The molecule has 0 aromatic carbocycles. The monoisotopic (exact) mass is 254 g/mol. The summed E-state index contributed by atoms with van der Waals surface area (Å²) < 4.78 is 3.67. The molecule has 1 aromatic rings. The van der Waals surface area contributed by atoms with Crippen molar-refractivity contribution in [2.45, 2.75) is 26.8 Å². The molecule has 1 aromatic heterocycles. The number of carbonyl (C=O) groups is 3. The van der Waals surface area contributed by atoms with Crippen LogP contribution in [0, 0.1) is 6.92 Å². The minimum Gasteiger partial charge on any atom is -0.275 e. The molecule has 7 nitrogen and oxygen atoms in total. The third-order valence-electron chi connectivity index (χ3n) is 2.53. The van der Waals surface area contributed by atoms with Crippen LogP contribution in [0.1, 0.15) is 19.5 Å². The zero-order valence-electron chi connectivity index (χ0n) is 9.50. The minimum atomic E-state index is -0.776. The maximum absolute atomic E-state index is 12.0. The molecule has 2 heterocycles. The lowest BCUT2D eigenvalue weighted by molar-refractivity contribution is -0.130. The van der Waals surface area contributed by atoms with Gasteiger partial charge in [-0.1, -0.05) is 4.49 Å². The molecule has 8 heteroatoms. The molecule has 2 rings (SSSR count). The molecule has 1 aliphatic rings. The van der Waals surface area contributed by atoms with E-state index in [2.05, 4.69) is 9.59 Å². The van der Waals surface area contributed by atoms with Gasteiger partial charge in [-0.3, -0.25) is 14.5 Å². The van der Waals surface area contributed by atoms with Gasteiger partial charge in [-0.15, -0.1) is 5.10 Å². The average Bonchev–Trinajstić information content (AvgIpc) is 2.72. The number of hydrogen-bond acceptors (Lipinski definition) is 6. The fourth-order valence-corrected chi connectivity index (χ4v) is 2.35. The Hall–Kier alpha value is -1.83. The first kappa shape index (κ1) is 11.6. The predicted octanol–water partition coefficient (Wildman–Crippen LogP) is 0.550. The Bertz CT molecular complexity index is 512. The van der Waals surface area contributed by atoms with Crippen LogP contribution in [0.2, 0.25) is 0 Å². The van der Waals surface area contributed by atoms with Gasteiger partial charge in [-0.05, 0) is 13.8 Å². The van der Waals surface area contributed by atoms with E-state index in [4.69, 9.17) is 0 Å². The first-order valence-electron chi connectivity index (χ1n) is 4.91.